The zero-order valence-corrected chi connectivity index (χ0v) is 13.7. The molecule has 2 rings (SSSR count). The minimum absolute atomic E-state index is 0.0169. The van der Waals surface area contributed by atoms with E-state index in [0.717, 1.165) is 14.5 Å². The molecule has 2 nitrogen and oxygen atoms in total. The van der Waals surface area contributed by atoms with E-state index in [2.05, 4.69) is 37.2 Å². The Labute approximate surface area is 127 Å². The van der Waals surface area contributed by atoms with Gasteiger partial charge < -0.3 is 4.90 Å². The third-order valence-corrected chi connectivity index (χ3v) is 4.10. The van der Waals surface area contributed by atoms with Crippen LogP contribution in [-0.2, 0) is 6.54 Å². The molecule has 0 aliphatic heterocycles. The summed E-state index contributed by atoms with van der Waals surface area (Å²) in [4.78, 5) is 14.0. The number of nitrogens with zero attached hydrogens (tertiary/aromatic N) is 1. The number of carbonyl (C=O) groups excluding carboxylic acids is 1. The first kappa shape index (κ1) is 13.8. The average molecular weight is 389 g/mol. The molecule has 0 aliphatic rings. The Morgan fingerprint density at radius 2 is 1.94 bits per heavy atom. The van der Waals surface area contributed by atoms with Crippen molar-refractivity contribution in [3.63, 3.8) is 0 Å². The molecule has 18 heavy (non-hydrogen) atoms. The molecule has 1 aromatic heterocycles. The number of carbonyl (C=O) groups is 1. The minimum atomic E-state index is 0.0169. The lowest BCUT2D eigenvalue weighted by atomic mass is 10.2. The van der Waals surface area contributed by atoms with Crippen molar-refractivity contribution in [2.75, 3.05) is 7.05 Å². The highest BCUT2D eigenvalue weighted by molar-refractivity contribution is 9.11. The van der Waals surface area contributed by atoms with E-state index in [1.807, 2.05) is 36.7 Å². The number of hydrogen-bond acceptors (Lipinski definition) is 2. The van der Waals surface area contributed by atoms with E-state index in [1.54, 1.807) is 16.2 Å². The van der Waals surface area contributed by atoms with Crippen LogP contribution in [0.15, 0.2) is 44.0 Å². The molecular formula is C13H11Br2NOS. The second-order valence-corrected chi connectivity index (χ2v) is 6.56. The van der Waals surface area contributed by atoms with Crippen LogP contribution in [0.1, 0.15) is 15.9 Å². The van der Waals surface area contributed by atoms with Gasteiger partial charge in [0.2, 0.25) is 0 Å². The molecule has 0 bridgehead atoms. The van der Waals surface area contributed by atoms with E-state index in [1.165, 1.54) is 0 Å². The maximum absolute atomic E-state index is 12.3. The molecule has 0 saturated carbocycles. The van der Waals surface area contributed by atoms with Gasteiger partial charge in [-0.05, 0) is 40.6 Å². The Morgan fingerprint density at radius 1 is 1.28 bits per heavy atom. The first-order chi connectivity index (χ1) is 8.56. The summed E-state index contributed by atoms with van der Waals surface area (Å²) in [7, 11) is 1.81. The van der Waals surface area contributed by atoms with Gasteiger partial charge in [-0.25, -0.2) is 0 Å². The lowest BCUT2D eigenvalue weighted by Gasteiger charge is -2.16. The van der Waals surface area contributed by atoms with Crippen molar-refractivity contribution in [2.45, 2.75) is 6.54 Å². The van der Waals surface area contributed by atoms with E-state index in [4.69, 9.17) is 0 Å². The van der Waals surface area contributed by atoms with E-state index in [-0.39, 0.29) is 5.91 Å². The van der Waals surface area contributed by atoms with Crippen molar-refractivity contribution in [3.05, 3.63) is 55.1 Å². The van der Waals surface area contributed by atoms with Crippen LogP contribution in [0.4, 0.5) is 0 Å². The van der Waals surface area contributed by atoms with Crippen molar-refractivity contribution >= 4 is 49.1 Å². The average Bonchev–Trinajstić information content (AvgIpc) is 2.79. The molecule has 1 heterocycles. The van der Waals surface area contributed by atoms with Gasteiger partial charge in [-0.1, -0.05) is 31.9 Å². The number of hydrogen-bond donors (Lipinski definition) is 0. The highest BCUT2D eigenvalue weighted by Crippen LogP contribution is 2.21. The first-order valence-corrected chi connectivity index (χ1v) is 7.82. The van der Waals surface area contributed by atoms with Crippen molar-refractivity contribution < 1.29 is 4.79 Å². The monoisotopic (exact) mass is 387 g/mol. The van der Waals surface area contributed by atoms with Gasteiger partial charge in [0.05, 0.1) is 0 Å². The molecule has 0 spiro atoms. The SMILES string of the molecule is CN(Cc1ccsc1)C(=O)c1cc(Br)cc(Br)c1. The zero-order valence-electron chi connectivity index (χ0n) is 9.69. The van der Waals surface area contributed by atoms with Gasteiger partial charge in [-0.2, -0.15) is 11.3 Å². The smallest absolute Gasteiger partial charge is 0.253 e. The largest absolute Gasteiger partial charge is 0.337 e. The number of halogens is 2. The van der Waals surface area contributed by atoms with Crippen LogP contribution in [0.3, 0.4) is 0 Å². The fraction of sp³-hybridized carbons (Fsp3) is 0.154. The summed E-state index contributed by atoms with van der Waals surface area (Å²) < 4.78 is 1.79. The Bertz CT molecular complexity index is 534. The molecular weight excluding hydrogens is 378 g/mol. The van der Waals surface area contributed by atoms with Gasteiger partial charge in [0, 0.05) is 28.1 Å². The molecule has 0 saturated heterocycles. The molecule has 5 heteroatoms. The summed E-state index contributed by atoms with van der Waals surface area (Å²) in [6.07, 6.45) is 0. The van der Waals surface area contributed by atoms with Gasteiger partial charge in [-0.3, -0.25) is 4.79 Å². The van der Waals surface area contributed by atoms with E-state index in [0.29, 0.717) is 12.1 Å². The van der Waals surface area contributed by atoms with Crippen molar-refractivity contribution in [1.82, 2.24) is 4.90 Å². The number of benzene rings is 1. The van der Waals surface area contributed by atoms with Crippen LogP contribution in [0.5, 0.6) is 0 Å². The quantitative estimate of drug-likeness (QED) is 0.755. The van der Waals surface area contributed by atoms with Gasteiger partial charge in [0.15, 0.2) is 0 Å². The molecule has 1 aromatic carbocycles. The van der Waals surface area contributed by atoms with Crippen molar-refractivity contribution in [3.8, 4) is 0 Å². The topological polar surface area (TPSA) is 20.3 Å². The molecule has 2 aromatic rings. The molecule has 1 amide bonds. The zero-order chi connectivity index (χ0) is 13.1. The fourth-order valence-corrected chi connectivity index (χ4v) is 3.58. The van der Waals surface area contributed by atoms with Crippen molar-refractivity contribution in [1.29, 1.82) is 0 Å². The highest BCUT2D eigenvalue weighted by Gasteiger charge is 2.13. The van der Waals surface area contributed by atoms with Crippen LogP contribution in [0.2, 0.25) is 0 Å². The Balaban J connectivity index is 2.15. The van der Waals surface area contributed by atoms with Gasteiger partial charge in [0.25, 0.3) is 5.91 Å². The fourth-order valence-electron chi connectivity index (χ4n) is 1.63. The van der Waals surface area contributed by atoms with Crippen LogP contribution < -0.4 is 0 Å². The molecule has 0 N–H and O–H groups in total. The summed E-state index contributed by atoms with van der Waals surface area (Å²) in [5.41, 5.74) is 1.83. The summed E-state index contributed by atoms with van der Waals surface area (Å²) in [6, 6.07) is 7.61. The lowest BCUT2D eigenvalue weighted by Crippen LogP contribution is -2.25. The van der Waals surface area contributed by atoms with Crippen LogP contribution >= 0.6 is 43.2 Å². The van der Waals surface area contributed by atoms with Gasteiger partial charge in [0.1, 0.15) is 0 Å². The van der Waals surface area contributed by atoms with Crippen LogP contribution in [0, 0.1) is 0 Å². The molecule has 94 valence electrons. The molecule has 0 atom stereocenters. The maximum atomic E-state index is 12.3. The molecule has 0 unspecified atom stereocenters. The lowest BCUT2D eigenvalue weighted by molar-refractivity contribution is 0.0785. The van der Waals surface area contributed by atoms with Crippen LogP contribution in [-0.4, -0.2) is 17.9 Å². The van der Waals surface area contributed by atoms with E-state index < -0.39 is 0 Å². The predicted octanol–water partition coefficient (Wildman–Crippen LogP) is 4.55. The van der Waals surface area contributed by atoms with E-state index >= 15 is 0 Å². The van der Waals surface area contributed by atoms with Gasteiger partial charge in [-0.15, -0.1) is 0 Å². The Morgan fingerprint density at radius 3 is 2.50 bits per heavy atom. The minimum Gasteiger partial charge on any atom is -0.337 e. The van der Waals surface area contributed by atoms with Crippen molar-refractivity contribution in [2.24, 2.45) is 0 Å². The third kappa shape index (κ3) is 3.43. The molecule has 0 aliphatic carbocycles. The first-order valence-electron chi connectivity index (χ1n) is 5.29. The number of thiophene rings is 1. The summed E-state index contributed by atoms with van der Waals surface area (Å²) >= 11 is 8.42. The maximum Gasteiger partial charge on any atom is 0.253 e. The van der Waals surface area contributed by atoms with Crippen LogP contribution in [0.25, 0.3) is 0 Å². The number of amides is 1. The second-order valence-electron chi connectivity index (χ2n) is 3.95. The Kier molecular flexibility index (Phi) is 4.59. The third-order valence-electron chi connectivity index (χ3n) is 2.46. The van der Waals surface area contributed by atoms with E-state index in [9.17, 15) is 4.79 Å². The summed E-state index contributed by atoms with van der Waals surface area (Å²) in [6.45, 7) is 0.631. The van der Waals surface area contributed by atoms with Gasteiger partial charge >= 0.3 is 0 Å². The standard InChI is InChI=1S/C13H11Br2NOS/c1-16(7-9-2-3-18-8-9)13(17)10-4-11(14)6-12(15)5-10/h2-6,8H,7H2,1H3. The molecule has 0 fully saturated rings. The summed E-state index contributed by atoms with van der Waals surface area (Å²) in [5.74, 6) is 0.0169. The Hall–Kier alpha value is -0.650. The normalized spacial score (nSPS) is 10.4. The molecule has 0 radical (unpaired) electrons. The second kappa shape index (κ2) is 5.99. The predicted molar refractivity (Wildman–Crippen MR) is 82.0 cm³/mol. The highest BCUT2D eigenvalue weighted by atomic mass is 79.9. The number of rotatable bonds is 3. The summed E-state index contributed by atoms with van der Waals surface area (Å²) in [5, 5.41) is 4.07.